The van der Waals surface area contributed by atoms with Crippen LogP contribution in [0.4, 0.5) is 0 Å². The molecule has 0 unspecified atom stereocenters. The van der Waals surface area contributed by atoms with E-state index in [2.05, 4.69) is 18.7 Å². The van der Waals surface area contributed by atoms with Gasteiger partial charge >= 0.3 is 0 Å². The summed E-state index contributed by atoms with van der Waals surface area (Å²) in [5, 5.41) is 0. The van der Waals surface area contributed by atoms with E-state index in [9.17, 15) is 0 Å². The highest BCUT2D eigenvalue weighted by atomic mass is 16.5. The van der Waals surface area contributed by atoms with Crippen LogP contribution in [0.5, 0.6) is 0 Å². The number of nitrogens with zero attached hydrogens (tertiary/aromatic N) is 1. The summed E-state index contributed by atoms with van der Waals surface area (Å²) in [6, 6.07) is 0. The topological polar surface area (TPSA) is 38.5 Å². The molecular weight excluding hydrogens is 212 g/mol. The molecule has 0 aromatic heterocycles. The van der Waals surface area contributed by atoms with Crippen molar-refractivity contribution in [3.8, 4) is 0 Å². The van der Waals surface area contributed by atoms with Crippen LogP contribution < -0.4 is 5.73 Å². The molecule has 0 spiro atoms. The maximum atomic E-state index is 6.14. The summed E-state index contributed by atoms with van der Waals surface area (Å²) in [7, 11) is 1.83. The van der Waals surface area contributed by atoms with Gasteiger partial charge < -0.3 is 10.5 Å². The molecule has 0 radical (unpaired) electrons. The normalized spacial score (nSPS) is 38.5. The summed E-state index contributed by atoms with van der Waals surface area (Å²) >= 11 is 0. The molecule has 0 aromatic carbocycles. The molecule has 0 amide bonds. The summed E-state index contributed by atoms with van der Waals surface area (Å²) in [6.07, 6.45) is 7.82. The Balaban J connectivity index is 2.10. The van der Waals surface area contributed by atoms with E-state index < -0.39 is 0 Å². The molecule has 3 nitrogen and oxygen atoms in total. The molecule has 17 heavy (non-hydrogen) atoms. The van der Waals surface area contributed by atoms with E-state index in [1.165, 1.54) is 45.1 Å². The Hall–Kier alpha value is -0.120. The SMILES string of the molecule is COC1CCC(CN)(N2CCCC2(C)C)CC1. The van der Waals surface area contributed by atoms with Gasteiger partial charge in [0.25, 0.3) is 0 Å². The van der Waals surface area contributed by atoms with Crippen LogP contribution in [-0.2, 0) is 4.74 Å². The van der Waals surface area contributed by atoms with Crippen molar-refractivity contribution in [2.24, 2.45) is 5.73 Å². The van der Waals surface area contributed by atoms with Crippen molar-refractivity contribution in [1.82, 2.24) is 4.90 Å². The number of hydrogen-bond acceptors (Lipinski definition) is 3. The standard InChI is InChI=1S/C14H28N2O/c1-13(2)7-4-10-16(13)14(11-15)8-5-12(17-3)6-9-14/h12H,4-11,15H2,1-3H3. The van der Waals surface area contributed by atoms with E-state index in [1.807, 2.05) is 7.11 Å². The van der Waals surface area contributed by atoms with E-state index in [0.717, 1.165) is 6.54 Å². The van der Waals surface area contributed by atoms with E-state index in [1.54, 1.807) is 0 Å². The minimum Gasteiger partial charge on any atom is -0.381 e. The molecule has 1 aliphatic heterocycles. The van der Waals surface area contributed by atoms with E-state index in [-0.39, 0.29) is 5.54 Å². The predicted molar refractivity (Wildman–Crippen MR) is 71.1 cm³/mol. The minimum atomic E-state index is 0.245. The van der Waals surface area contributed by atoms with E-state index >= 15 is 0 Å². The molecule has 1 saturated heterocycles. The first-order valence-corrected chi connectivity index (χ1v) is 7.05. The van der Waals surface area contributed by atoms with Gasteiger partial charge in [0.2, 0.25) is 0 Å². The van der Waals surface area contributed by atoms with Crippen molar-refractivity contribution in [3.63, 3.8) is 0 Å². The molecule has 0 aromatic rings. The molecule has 1 aliphatic carbocycles. The Labute approximate surface area is 106 Å². The fourth-order valence-corrected chi connectivity index (χ4v) is 3.94. The van der Waals surface area contributed by atoms with Crippen LogP contribution in [0, 0.1) is 0 Å². The maximum Gasteiger partial charge on any atom is 0.0572 e. The molecule has 100 valence electrons. The molecule has 2 rings (SSSR count). The lowest BCUT2D eigenvalue weighted by Crippen LogP contribution is -2.60. The molecule has 1 saturated carbocycles. The van der Waals surface area contributed by atoms with Crippen LogP contribution >= 0.6 is 0 Å². The number of likely N-dealkylation sites (tertiary alicyclic amines) is 1. The number of hydrogen-bond donors (Lipinski definition) is 1. The van der Waals surface area contributed by atoms with Gasteiger partial charge in [-0.3, -0.25) is 4.90 Å². The van der Waals surface area contributed by atoms with Gasteiger partial charge in [0, 0.05) is 24.7 Å². The Morgan fingerprint density at radius 3 is 2.29 bits per heavy atom. The highest BCUT2D eigenvalue weighted by Crippen LogP contribution is 2.42. The van der Waals surface area contributed by atoms with Gasteiger partial charge in [-0.25, -0.2) is 0 Å². The third-order valence-corrected chi connectivity index (χ3v) is 5.05. The second-order valence-electron chi connectivity index (χ2n) is 6.43. The lowest BCUT2D eigenvalue weighted by Gasteiger charge is -2.51. The van der Waals surface area contributed by atoms with Gasteiger partial charge in [-0.2, -0.15) is 0 Å². The van der Waals surface area contributed by atoms with Crippen LogP contribution in [0.25, 0.3) is 0 Å². The van der Waals surface area contributed by atoms with Crippen molar-refractivity contribution in [3.05, 3.63) is 0 Å². The highest BCUT2D eigenvalue weighted by molar-refractivity contribution is 5.04. The molecule has 0 atom stereocenters. The van der Waals surface area contributed by atoms with Gasteiger partial charge in [-0.05, 0) is 58.9 Å². The second-order valence-corrected chi connectivity index (χ2v) is 6.43. The van der Waals surface area contributed by atoms with Crippen molar-refractivity contribution >= 4 is 0 Å². The molecule has 0 bridgehead atoms. The molecule has 2 N–H and O–H groups in total. The lowest BCUT2D eigenvalue weighted by atomic mass is 9.77. The van der Waals surface area contributed by atoms with Crippen LogP contribution in [-0.4, -0.2) is 42.3 Å². The van der Waals surface area contributed by atoms with Crippen LogP contribution in [0.3, 0.4) is 0 Å². The zero-order valence-corrected chi connectivity index (χ0v) is 11.7. The number of nitrogens with two attached hydrogens (primary N) is 1. The van der Waals surface area contributed by atoms with Gasteiger partial charge in [-0.15, -0.1) is 0 Å². The summed E-state index contributed by atoms with van der Waals surface area (Å²) in [4.78, 5) is 2.70. The van der Waals surface area contributed by atoms with Gasteiger partial charge in [-0.1, -0.05) is 0 Å². The molecular formula is C14H28N2O. The summed E-state index contributed by atoms with van der Waals surface area (Å²) in [6.45, 7) is 6.77. The Morgan fingerprint density at radius 1 is 1.24 bits per heavy atom. The predicted octanol–water partition coefficient (Wildman–Crippen LogP) is 2.15. The highest BCUT2D eigenvalue weighted by Gasteiger charge is 2.47. The largest absolute Gasteiger partial charge is 0.381 e. The average Bonchev–Trinajstić information content (AvgIpc) is 2.70. The zero-order chi connectivity index (χ0) is 12.5. The minimum absolute atomic E-state index is 0.245. The monoisotopic (exact) mass is 240 g/mol. The van der Waals surface area contributed by atoms with E-state index in [0.29, 0.717) is 11.6 Å². The van der Waals surface area contributed by atoms with Crippen molar-refractivity contribution in [2.75, 3.05) is 20.2 Å². The Kier molecular flexibility index (Phi) is 3.81. The van der Waals surface area contributed by atoms with Crippen LogP contribution in [0.2, 0.25) is 0 Å². The summed E-state index contributed by atoms with van der Waals surface area (Å²) in [5.41, 5.74) is 6.72. The summed E-state index contributed by atoms with van der Waals surface area (Å²) in [5.74, 6) is 0. The number of rotatable bonds is 3. The molecule has 1 heterocycles. The first kappa shape index (κ1) is 13.3. The third-order valence-electron chi connectivity index (χ3n) is 5.05. The number of ether oxygens (including phenoxy) is 1. The quantitative estimate of drug-likeness (QED) is 0.821. The Bertz CT molecular complexity index is 257. The second kappa shape index (κ2) is 4.87. The van der Waals surface area contributed by atoms with Crippen LogP contribution in [0.15, 0.2) is 0 Å². The average molecular weight is 240 g/mol. The first-order valence-electron chi connectivity index (χ1n) is 7.05. The third kappa shape index (κ3) is 2.38. The van der Waals surface area contributed by atoms with Crippen LogP contribution in [0.1, 0.15) is 52.4 Å². The lowest BCUT2D eigenvalue weighted by molar-refractivity contribution is -0.0324. The van der Waals surface area contributed by atoms with E-state index in [4.69, 9.17) is 10.5 Å². The Morgan fingerprint density at radius 2 is 1.88 bits per heavy atom. The smallest absolute Gasteiger partial charge is 0.0572 e. The van der Waals surface area contributed by atoms with Gasteiger partial charge in [0.1, 0.15) is 0 Å². The fourth-order valence-electron chi connectivity index (χ4n) is 3.94. The first-order chi connectivity index (χ1) is 8.04. The van der Waals surface area contributed by atoms with Gasteiger partial charge in [0.15, 0.2) is 0 Å². The summed E-state index contributed by atoms with van der Waals surface area (Å²) < 4.78 is 5.48. The fraction of sp³-hybridized carbons (Fsp3) is 1.00. The molecule has 2 fully saturated rings. The van der Waals surface area contributed by atoms with Crippen molar-refractivity contribution in [2.45, 2.75) is 69.6 Å². The van der Waals surface area contributed by atoms with Crippen molar-refractivity contribution < 1.29 is 4.74 Å². The maximum absolute atomic E-state index is 6.14. The van der Waals surface area contributed by atoms with Crippen molar-refractivity contribution in [1.29, 1.82) is 0 Å². The zero-order valence-electron chi connectivity index (χ0n) is 11.7. The number of methoxy groups -OCH3 is 1. The van der Waals surface area contributed by atoms with Gasteiger partial charge in [0.05, 0.1) is 6.10 Å². The molecule has 2 aliphatic rings. The molecule has 3 heteroatoms.